The molecule has 6 aromatic rings. The van der Waals surface area contributed by atoms with Crippen LogP contribution in [-0.2, 0) is 42.7 Å². The molecule has 0 saturated heterocycles. The smallest absolute Gasteiger partial charge is 0.137 e. The van der Waals surface area contributed by atoms with Crippen molar-refractivity contribution in [2.45, 2.75) is 52.2 Å². The third kappa shape index (κ3) is 6.74. The van der Waals surface area contributed by atoms with Gasteiger partial charge < -0.3 is 24.5 Å². The van der Waals surface area contributed by atoms with Crippen LogP contribution in [-0.4, -0.2) is 43.5 Å². The maximum atomic E-state index is 10.1. The highest BCUT2D eigenvalue weighted by atomic mass is 31.2. The Balaban J connectivity index is 1.18. The molecule has 45 heavy (non-hydrogen) atoms. The molecule has 0 aliphatic carbocycles. The molecule has 7 nitrogen and oxygen atoms in total. The summed E-state index contributed by atoms with van der Waals surface area (Å²) in [4.78, 5) is 15.8. The van der Waals surface area contributed by atoms with E-state index in [0.717, 1.165) is 91.7 Å². The van der Waals surface area contributed by atoms with E-state index >= 15 is 0 Å². The zero-order valence-electron chi connectivity index (χ0n) is 26.3. The van der Waals surface area contributed by atoms with Gasteiger partial charge in [-0.25, -0.2) is 9.97 Å². The van der Waals surface area contributed by atoms with Crippen molar-refractivity contribution < 1.29 is 14.5 Å². The lowest BCUT2D eigenvalue weighted by molar-refractivity contribution is 0.280. The van der Waals surface area contributed by atoms with Crippen LogP contribution in [0.2, 0.25) is 0 Å². The van der Waals surface area contributed by atoms with Gasteiger partial charge in [0.05, 0.1) is 13.2 Å². The zero-order valence-corrected chi connectivity index (χ0v) is 28.1. The number of fused-ring (bicyclic) bond motifs is 2. The van der Waals surface area contributed by atoms with Crippen molar-refractivity contribution in [3.63, 3.8) is 0 Å². The number of hydrogen-bond acceptors (Lipinski definition) is 5. The van der Waals surface area contributed by atoms with Gasteiger partial charge in [0, 0.05) is 75.3 Å². The standard InChI is InChI=1S/C36H40N4O3P2/c1-5-23-15-37-35-33(23)13-29(17-39-35)25-7-9-27(19-41)31(11-25)21-44(3)43-45(4)22-32-12-26(8-10-28(32)20-42)30-14-34-24(6-2)16-38-36(34)40-18-30/h7-18,41-42H,5-6,19-22H2,1-4H3,(H,37,39)(H,38,40). The van der Waals surface area contributed by atoms with Crippen LogP contribution in [0, 0.1) is 0 Å². The molecule has 2 atom stereocenters. The van der Waals surface area contributed by atoms with Gasteiger partial charge in [-0.2, -0.15) is 0 Å². The van der Waals surface area contributed by atoms with Gasteiger partial charge in [0.1, 0.15) is 11.3 Å². The molecule has 0 spiro atoms. The predicted molar refractivity (Wildman–Crippen MR) is 188 cm³/mol. The van der Waals surface area contributed by atoms with E-state index < -0.39 is 16.3 Å². The summed E-state index contributed by atoms with van der Waals surface area (Å²) in [5.41, 5.74) is 12.7. The summed E-state index contributed by atoms with van der Waals surface area (Å²) < 4.78 is 6.64. The highest BCUT2D eigenvalue weighted by Gasteiger charge is 2.17. The minimum absolute atomic E-state index is 0.00937. The first kappa shape index (κ1) is 31.5. The third-order valence-corrected chi connectivity index (χ3v) is 12.3. The van der Waals surface area contributed by atoms with Gasteiger partial charge in [-0.3, -0.25) is 0 Å². The summed E-state index contributed by atoms with van der Waals surface area (Å²) in [5.74, 6) is 0. The molecule has 2 unspecified atom stereocenters. The number of aliphatic hydroxyl groups excluding tert-OH is 2. The minimum Gasteiger partial charge on any atom is -0.392 e. The van der Waals surface area contributed by atoms with Crippen molar-refractivity contribution in [2.75, 3.05) is 13.3 Å². The Bertz CT molecular complexity index is 1810. The molecule has 0 radical (unpaired) electrons. The van der Waals surface area contributed by atoms with E-state index in [2.05, 4.69) is 83.5 Å². The van der Waals surface area contributed by atoms with Crippen LogP contribution < -0.4 is 0 Å². The molecule has 4 N–H and O–H groups in total. The molecular weight excluding hydrogens is 598 g/mol. The summed E-state index contributed by atoms with van der Waals surface area (Å²) in [7, 11) is -1.58. The summed E-state index contributed by atoms with van der Waals surface area (Å²) >= 11 is 0. The summed E-state index contributed by atoms with van der Waals surface area (Å²) in [6, 6.07) is 16.9. The molecule has 0 amide bonds. The Morgan fingerprint density at radius 2 is 1.04 bits per heavy atom. The number of nitrogens with zero attached hydrogens (tertiary/aromatic N) is 2. The number of H-pyrrole nitrogens is 2. The number of rotatable bonds is 12. The molecule has 4 heterocycles. The third-order valence-electron chi connectivity index (χ3n) is 8.48. The van der Waals surface area contributed by atoms with E-state index in [-0.39, 0.29) is 13.2 Å². The monoisotopic (exact) mass is 638 g/mol. The fourth-order valence-corrected chi connectivity index (χ4v) is 9.92. The van der Waals surface area contributed by atoms with Gasteiger partial charge in [0.15, 0.2) is 0 Å². The van der Waals surface area contributed by atoms with E-state index in [0.29, 0.717) is 0 Å². The molecule has 0 aliphatic heterocycles. The molecule has 0 saturated carbocycles. The van der Waals surface area contributed by atoms with Gasteiger partial charge in [0.25, 0.3) is 0 Å². The Morgan fingerprint density at radius 3 is 1.44 bits per heavy atom. The second-order valence-electron chi connectivity index (χ2n) is 11.5. The van der Waals surface area contributed by atoms with Gasteiger partial charge in [-0.15, -0.1) is 0 Å². The van der Waals surface area contributed by atoms with E-state index in [9.17, 15) is 10.2 Å². The van der Waals surface area contributed by atoms with Crippen molar-refractivity contribution in [2.24, 2.45) is 0 Å². The van der Waals surface area contributed by atoms with Crippen LogP contribution in [0.25, 0.3) is 44.3 Å². The van der Waals surface area contributed by atoms with Gasteiger partial charge in [-0.05, 0) is 82.8 Å². The Labute approximate surface area is 266 Å². The average molecular weight is 639 g/mol. The number of aliphatic hydroxyl groups is 2. The van der Waals surface area contributed by atoms with Crippen LogP contribution in [0.4, 0.5) is 0 Å². The quantitative estimate of drug-likeness (QED) is 0.100. The van der Waals surface area contributed by atoms with Crippen molar-refractivity contribution in [3.8, 4) is 22.3 Å². The molecule has 4 aromatic heterocycles. The first-order chi connectivity index (χ1) is 21.9. The van der Waals surface area contributed by atoms with Crippen molar-refractivity contribution >= 4 is 38.4 Å². The largest absolute Gasteiger partial charge is 0.392 e. The van der Waals surface area contributed by atoms with Crippen LogP contribution in [0.1, 0.15) is 47.2 Å². The number of aryl methyl sites for hydroxylation is 2. The lowest BCUT2D eigenvalue weighted by Crippen LogP contribution is -1.97. The Kier molecular flexibility index (Phi) is 9.75. The number of aromatic nitrogens is 4. The lowest BCUT2D eigenvalue weighted by Gasteiger charge is -2.21. The maximum absolute atomic E-state index is 10.1. The maximum Gasteiger partial charge on any atom is 0.137 e. The number of nitrogens with one attached hydrogen (secondary N) is 2. The first-order valence-corrected chi connectivity index (χ1v) is 19.2. The van der Waals surface area contributed by atoms with Crippen LogP contribution in [0.5, 0.6) is 0 Å². The molecule has 0 bridgehead atoms. The average Bonchev–Trinajstić information content (AvgIpc) is 3.67. The predicted octanol–water partition coefficient (Wildman–Crippen LogP) is 8.65. The molecule has 2 aromatic carbocycles. The molecule has 0 aliphatic rings. The highest BCUT2D eigenvalue weighted by Crippen LogP contribution is 2.53. The number of aromatic amines is 2. The van der Waals surface area contributed by atoms with E-state index in [4.69, 9.17) is 4.31 Å². The molecular formula is C36H40N4O3P2. The fourth-order valence-electron chi connectivity index (χ4n) is 6.01. The summed E-state index contributed by atoms with van der Waals surface area (Å²) in [5, 5.41) is 22.6. The molecule has 6 rings (SSSR count). The first-order valence-electron chi connectivity index (χ1n) is 15.4. The molecule has 0 fully saturated rings. The molecule has 232 valence electrons. The van der Waals surface area contributed by atoms with Gasteiger partial charge >= 0.3 is 0 Å². The minimum atomic E-state index is -0.788. The van der Waals surface area contributed by atoms with E-state index in [1.807, 2.05) is 36.9 Å². The summed E-state index contributed by atoms with van der Waals surface area (Å²) in [6.45, 7) is 8.61. The van der Waals surface area contributed by atoms with Crippen molar-refractivity contribution in [1.29, 1.82) is 0 Å². The SMILES string of the molecule is CCc1c[nH]c2ncc(-c3ccc(CO)c(CP(C)OP(C)Cc4cc(-c5cnc6[nH]cc(CC)c6c5)ccc4CO)c3)cc12. The van der Waals surface area contributed by atoms with Crippen LogP contribution >= 0.6 is 16.3 Å². The van der Waals surface area contributed by atoms with E-state index in [1.165, 1.54) is 11.1 Å². The molecule has 9 heteroatoms. The second-order valence-corrected chi connectivity index (χ2v) is 15.3. The van der Waals surface area contributed by atoms with Crippen molar-refractivity contribution in [1.82, 2.24) is 19.9 Å². The summed E-state index contributed by atoms with van der Waals surface area (Å²) in [6.07, 6.45) is 11.3. The fraction of sp³-hybridized carbons (Fsp3) is 0.278. The number of hydrogen-bond donors (Lipinski definition) is 4. The zero-order chi connectivity index (χ0) is 31.5. The van der Waals surface area contributed by atoms with E-state index in [1.54, 1.807) is 0 Å². The number of pyridine rings is 2. The Hall–Kier alpha value is -3.44. The normalized spacial score (nSPS) is 13.1. The highest BCUT2D eigenvalue weighted by molar-refractivity contribution is 7.64. The van der Waals surface area contributed by atoms with Gasteiger partial charge in [-0.1, -0.05) is 50.2 Å². The van der Waals surface area contributed by atoms with Gasteiger partial charge in [0.2, 0.25) is 0 Å². The van der Waals surface area contributed by atoms with Crippen LogP contribution in [0.3, 0.4) is 0 Å². The number of benzene rings is 2. The lowest BCUT2D eigenvalue weighted by atomic mass is 10.00. The van der Waals surface area contributed by atoms with Crippen LogP contribution in [0.15, 0.2) is 73.3 Å². The Morgan fingerprint density at radius 1 is 0.600 bits per heavy atom. The topological polar surface area (TPSA) is 107 Å². The van der Waals surface area contributed by atoms with Crippen molar-refractivity contribution in [3.05, 3.63) is 107 Å². The second kappa shape index (κ2) is 13.9.